The second-order valence-electron chi connectivity index (χ2n) is 2.45. The van der Waals surface area contributed by atoms with E-state index in [0.29, 0.717) is 0 Å². The molecule has 3 heteroatoms. The van der Waals surface area contributed by atoms with Gasteiger partial charge in [0, 0.05) is 15.0 Å². The van der Waals surface area contributed by atoms with E-state index in [-0.39, 0.29) is 6.04 Å². The Kier molecular flexibility index (Phi) is 3.10. The molecule has 0 radical (unpaired) electrons. The summed E-state index contributed by atoms with van der Waals surface area (Å²) in [6, 6.07) is 6.08. The molecular weight excluding hydrogens is 270 g/mol. The van der Waals surface area contributed by atoms with E-state index in [1.165, 1.54) is 0 Å². The lowest BCUT2D eigenvalue weighted by molar-refractivity contribution is 0.813. The highest BCUT2D eigenvalue weighted by Crippen LogP contribution is 2.25. The molecule has 1 aromatic carbocycles. The third-order valence-corrected chi connectivity index (χ3v) is 2.63. The molecule has 60 valence electrons. The molecule has 0 aliphatic heterocycles. The topological polar surface area (TPSA) is 26.0 Å². The predicted octanol–water partition coefficient (Wildman–Crippen LogP) is 3.23. The molecule has 0 saturated carbocycles. The van der Waals surface area contributed by atoms with Gasteiger partial charge in [-0.3, -0.25) is 0 Å². The molecule has 1 nitrogen and oxygen atoms in total. The molecule has 11 heavy (non-hydrogen) atoms. The van der Waals surface area contributed by atoms with Crippen LogP contribution in [0.2, 0.25) is 0 Å². The molecule has 0 unspecified atom stereocenters. The number of halogens is 2. The van der Waals surface area contributed by atoms with E-state index in [2.05, 4.69) is 31.9 Å². The highest BCUT2D eigenvalue weighted by molar-refractivity contribution is 9.11. The zero-order chi connectivity index (χ0) is 8.43. The van der Waals surface area contributed by atoms with Crippen molar-refractivity contribution in [3.8, 4) is 0 Å². The van der Waals surface area contributed by atoms with E-state index < -0.39 is 0 Å². The summed E-state index contributed by atoms with van der Waals surface area (Å²) in [6.45, 7) is 1.97. The van der Waals surface area contributed by atoms with Crippen LogP contribution in [0.15, 0.2) is 27.1 Å². The Hall–Kier alpha value is 0.140. The van der Waals surface area contributed by atoms with Gasteiger partial charge in [-0.15, -0.1) is 0 Å². The summed E-state index contributed by atoms with van der Waals surface area (Å²) in [5, 5.41) is 0. The van der Waals surface area contributed by atoms with Gasteiger partial charge in [0.2, 0.25) is 0 Å². The van der Waals surface area contributed by atoms with Gasteiger partial charge >= 0.3 is 0 Å². The molecule has 0 heterocycles. The van der Waals surface area contributed by atoms with Gasteiger partial charge in [0.15, 0.2) is 0 Å². The van der Waals surface area contributed by atoms with Crippen molar-refractivity contribution in [3.63, 3.8) is 0 Å². The van der Waals surface area contributed by atoms with Gasteiger partial charge in [-0.05, 0) is 24.6 Å². The first kappa shape index (κ1) is 9.23. The minimum Gasteiger partial charge on any atom is -0.324 e. The summed E-state index contributed by atoms with van der Waals surface area (Å²) in [5.41, 5.74) is 6.85. The van der Waals surface area contributed by atoms with Gasteiger partial charge in [-0.2, -0.15) is 0 Å². The summed E-state index contributed by atoms with van der Waals surface area (Å²) in [4.78, 5) is 0. The van der Waals surface area contributed by atoms with Crippen molar-refractivity contribution in [3.05, 3.63) is 32.7 Å². The minimum absolute atomic E-state index is 0.0810. The second kappa shape index (κ2) is 3.70. The Morgan fingerprint density at radius 2 is 2.00 bits per heavy atom. The Labute approximate surface area is 83.2 Å². The first-order chi connectivity index (χ1) is 5.11. The van der Waals surface area contributed by atoms with Crippen LogP contribution in [0.1, 0.15) is 18.5 Å². The zero-order valence-electron chi connectivity index (χ0n) is 6.14. The molecule has 0 saturated heterocycles. The van der Waals surface area contributed by atoms with Crippen LogP contribution in [-0.4, -0.2) is 0 Å². The molecular formula is C8H9Br2N. The molecule has 0 fully saturated rings. The average Bonchev–Trinajstić information content (AvgIpc) is 1.85. The Balaban J connectivity index is 3.09. The molecule has 1 rings (SSSR count). The van der Waals surface area contributed by atoms with Crippen LogP contribution < -0.4 is 5.73 Å². The quantitative estimate of drug-likeness (QED) is 0.839. The molecule has 0 aliphatic carbocycles. The highest BCUT2D eigenvalue weighted by atomic mass is 79.9. The Morgan fingerprint density at radius 3 is 2.45 bits per heavy atom. The van der Waals surface area contributed by atoms with Crippen LogP contribution in [0.5, 0.6) is 0 Å². The lowest BCUT2D eigenvalue weighted by atomic mass is 10.1. The smallest absolute Gasteiger partial charge is 0.0277 e. The number of hydrogen-bond donors (Lipinski definition) is 1. The molecule has 0 bridgehead atoms. The zero-order valence-corrected chi connectivity index (χ0v) is 9.31. The largest absolute Gasteiger partial charge is 0.324 e. The van der Waals surface area contributed by atoms with Gasteiger partial charge < -0.3 is 5.73 Å². The maximum absolute atomic E-state index is 5.72. The van der Waals surface area contributed by atoms with Crippen LogP contribution in [0, 0.1) is 0 Å². The summed E-state index contributed by atoms with van der Waals surface area (Å²) in [6.07, 6.45) is 0. The summed E-state index contributed by atoms with van der Waals surface area (Å²) in [5.74, 6) is 0. The van der Waals surface area contributed by atoms with Gasteiger partial charge in [-0.1, -0.05) is 37.9 Å². The average molecular weight is 279 g/mol. The normalized spacial score (nSPS) is 13.1. The monoisotopic (exact) mass is 277 g/mol. The van der Waals surface area contributed by atoms with E-state index in [4.69, 9.17) is 5.73 Å². The SMILES string of the molecule is C[C@@H](N)c1ccc(Br)cc1Br. The van der Waals surface area contributed by atoms with Gasteiger partial charge in [0.05, 0.1) is 0 Å². The van der Waals surface area contributed by atoms with E-state index in [1.807, 2.05) is 25.1 Å². The Morgan fingerprint density at radius 1 is 1.36 bits per heavy atom. The van der Waals surface area contributed by atoms with E-state index in [1.54, 1.807) is 0 Å². The lowest BCUT2D eigenvalue weighted by Gasteiger charge is -2.07. The van der Waals surface area contributed by atoms with Crippen LogP contribution in [0.25, 0.3) is 0 Å². The fraction of sp³-hybridized carbons (Fsp3) is 0.250. The van der Waals surface area contributed by atoms with Crippen LogP contribution in [-0.2, 0) is 0 Å². The summed E-state index contributed by atoms with van der Waals surface area (Å²) < 4.78 is 2.12. The third-order valence-electron chi connectivity index (χ3n) is 1.45. The molecule has 2 N–H and O–H groups in total. The fourth-order valence-corrected chi connectivity index (χ4v) is 2.28. The van der Waals surface area contributed by atoms with E-state index >= 15 is 0 Å². The lowest BCUT2D eigenvalue weighted by Crippen LogP contribution is -2.05. The molecule has 1 aromatic rings. The molecule has 0 aromatic heterocycles. The predicted molar refractivity (Wildman–Crippen MR) is 54.4 cm³/mol. The number of rotatable bonds is 1. The molecule has 0 spiro atoms. The van der Waals surface area contributed by atoms with E-state index in [9.17, 15) is 0 Å². The van der Waals surface area contributed by atoms with Crippen molar-refractivity contribution in [2.75, 3.05) is 0 Å². The van der Waals surface area contributed by atoms with Crippen molar-refractivity contribution in [1.29, 1.82) is 0 Å². The standard InChI is InChI=1S/C8H9Br2N/c1-5(11)7-3-2-6(9)4-8(7)10/h2-5H,11H2,1H3/t5-/m1/s1. The summed E-state index contributed by atoms with van der Waals surface area (Å²) >= 11 is 6.81. The van der Waals surface area contributed by atoms with Crippen LogP contribution in [0.3, 0.4) is 0 Å². The van der Waals surface area contributed by atoms with Crippen LogP contribution >= 0.6 is 31.9 Å². The van der Waals surface area contributed by atoms with Gasteiger partial charge in [0.25, 0.3) is 0 Å². The fourth-order valence-electron chi connectivity index (χ4n) is 0.871. The highest BCUT2D eigenvalue weighted by Gasteiger charge is 2.03. The van der Waals surface area contributed by atoms with E-state index in [0.717, 1.165) is 14.5 Å². The molecule has 0 aliphatic rings. The van der Waals surface area contributed by atoms with Gasteiger partial charge in [-0.25, -0.2) is 0 Å². The first-order valence-electron chi connectivity index (χ1n) is 3.32. The number of hydrogen-bond acceptors (Lipinski definition) is 1. The first-order valence-corrected chi connectivity index (χ1v) is 4.90. The van der Waals surface area contributed by atoms with Crippen molar-refractivity contribution in [1.82, 2.24) is 0 Å². The number of nitrogens with two attached hydrogens (primary N) is 1. The van der Waals surface area contributed by atoms with Crippen molar-refractivity contribution in [2.24, 2.45) is 5.73 Å². The van der Waals surface area contributed by atoms with Crippen molar-refractivity contribution in [2.45, 2.75) is 13.0 Å². The van der Waals surface area contributed by atoms with Crippen molar-refractivity contribution >= 4 is 31.9 Å². The number of benzene rings is 1. The molecule has 1 atom stereocenters. The maximum Gasteiger partial charge on any atom is 0.0277 e. The summed E-state index contributed by atoms with van der Waals surface area (Å²) in [7, 11) is 0. The molecule has 0 amide bonds. The van der Waals surface area contributed by atoms with Crippen LogP contribution in [0.4, 0.5) is 0 Å². The second-order valence-corrected chi connectivity index (χ2v) is 4.22. The maximum atomic E-state index is 5.72. The van der Waals surface area contributed by atoms with Gasteiger partial charge in [0.1, 0.15) is 0 Å². The minimum atomic E-state index is 0.0810. The van der Waals surface area contributed by atoms with Crippen molar-refractivity contribution < 1.29 is 0 Å². The third kappa shape index (κ3) is 2.29. The Bertz CT molecular complexity index is 258.